The number of fused-ring (bicyclic) bond motifs is 1. The van der Waals surface area contributed by atoms with Crippen molar-refractivity contribution in [1.82, 2.24) is 10.2 Å². The molecule has 0 bridgehead atoms. The minimum absolute atomic E-state index is 0.0204. The number of nitriles is 1. The van der Waals surface area contributed by atoms with Crippen molar-refractivity contribution in [3.63, 3.8) is 0 Å². The predicted octanol–water partition coefficient (Wildman–Crippen LogP) is 3.72. The summed E-state index contributed by atoms with van der Waals surface area (Å²) in [6, 6.07) is 13.3. The second-order valence-electron chi connectivity index (χ2n) is 7.15. The van der Waals surface area contributed by atoms with Crippen LogP contribution < -0.4 is 29.4 Å². The Balaban J connectivity index is 1.97. The van der Waals surface area contributed by atoms with Crippen LogP contribution in [0.3, 0.4) is 0 Å². The van der Waals surface area contributed by atoms with Gasteiger partial charge in [0.1, 0.15) is 23.1 Å². The highest BCUT2D eigenvalue weighted by molar-refractivity contribution is 5.73. The summed E-state index contributed by atoms with van der Waals surface area (Å²) in [5.74, 6) is 1.83. The number of nitrogens with one attached hydrogen (secondary N) is 1. The average molecular weight is 448 g/mol. The maximum Gasteiger partial charge on any atom is 0.244 e. The van der Waals surface area contributed by atoms with Gasteiger partial charge in [-0.15, -0.1) is 5.10 Å². The number of ether oxygens (including phenoxy) is 5. The van der Waals surface area contributed by atoms with Gasteiger partial charge in [0.05, 0.1) is 45.1 Å². The third kappa shape index (κ3) is 3.76. The number of allylic oxidation sites excluding steroid dienone is 1. The Bertz CT molecular complexity index is 1260. The predicted molar refractivity (Wildman–Crippen MR) is 121 cm³/mol. The molecule has 3 aromatic rings. The maximum atomic E-state index is 10.0. The van der Waals surface area contributed by atoms with Crippen molar-refractivity contribution in [2.24, 2.45) is 5.73 Å². The molecule has 1 aromatic heterocycles. The van der Waals surface area contributed by atoms with Crippen molar-refractivity contribution < 1.29 is 23.7 Å². The second kappa shape index (κ2) is 9.04. The van der Waals surface area contributed by atoms with Crippen molar-refractivity contribution in [2.75, 3.05) is 27.9 Å². The molecule has 3 N–H and O–H groups in total. The molecular formula is C24H24N4O5. The third-order valence-corrected chi connectivity index (χ3v) is 5.42. The van der Waals surface area contributed by atoms with E-state index in [0.29, 0.717) is 46.4 Å². The highest BCUT2D eigenvalue weighted by Gasteiger charge is 2.38. The van der Waals surface area contributed by atoms with Gasteiger partial charge in [0.2, 0.25) is 11.8 Å². The Kier molecular flexibility index (Phi) is 6.00. The van der Waals surface area contributed by atoms with E-state index in [1.165, 1.54) is 0 Å². The molecule has 0 saturated carbocycles. The van der Waals surface area contributed by atoms with Gasteiger partial charge in [-0.3, -0.25) is 5.10 Å². The Morgan fingerprint density at radius 1 is 1.09 bits per heavy atom. The van der Waals surface area contributed by atoms with Crippen LogP contribution in [0.5, 0.6) is 28.9 Å². The molecule has 1 aliphatic rings. The van der Waals surface area contributed by atoms with Gasteiger partial charge in [-0.1, -0.05) is 12.1 Å². The number of H-pyrrole nitrogens is 1. The molecule has 2 heterocycles. The third-order valence-electron chi connectivity index (χ3n) is 5.42. The molecule has 1 atom stereocenters. The zero-order chi connectivity index (χ0) is 23.5. The van der Waals surface area contributed by atoms with E-state index in [1.807, 2.05) is 31.2 Å². The molecule has 170 valence electrons. The van der Waals surface area contributed by atoms with Gasteiger partial charge in [0.25, 0.3) is 0 Å². The standard InChI is InChI=1S/C24H24N4O5/c1-5-32-14-8-6-7-13(9-14)22-21-20(16(12-25)23(26)33-24(21)28-27-22)15-10-18(30-3)19(31-4)11-17(15)29-2/h6-11,20H,5,26H2,1-4H3,(H,27,28). The number of hydrogen-bond donors (Lipinski definition) is 2. The van der Waals surface area contributed by atoms with E-state index in [0.717, 1.165) is 5.56 Å². The SMILES string of the molecule is CCOc1cccc(-c2[nH]nc3c2C(c2cc(OC)c(OC)cc2OC)C(C#N)=C(N)O3)c1. The fraction of sp³-hybridized carbons (Fsp3) is 0.250. The van der Waals surface area contributed by atoms with Gasteiger partial charge >= 0.3 is 0 Å². The van der Waals surface area contributed by atoms with Gasteiger partial charge in [0.15, 0.2) is 11.5 Å². The Labute approximate surface area is 191 Å². The van der Waals surface area contributed by atoms with Crippen LogP contribution in [0, 0.1) is 11.3 Å². The smallest absolute Gasteiger partial charge is 0.244 e. The van der Waals surface area contributed by atoms with Gasteiger partial charge in [-0.2, -0.15) is 5.26 Å². The van der Waals surface area contributed by atoms with Crippen LogP contribution >= 0.6 is 0 Å². The fourth-order valence-electron chi connectivity index (χ4n) is 3.96. The van der Waals surface area contributed by atoms with Crippen LogP contribution in [-0.2, 0) is 0 Å². The zero-order valence-electron chi connectivity index (χ0n) is 18.8. The van der Waals surface area contributed by atoms with Gasteiger partial charge in [-0.25, -0.2) is 0 Å². The highest BCUT2D eigenvalue weighted by atomic mass is 16.5. The van der Waals surface area contributed by atoms with Crippen LogP contribution in [0.4, 0.5) is 0 Å². The molecule has 0 spiro atoms. The minimum Gasteiger partial charge on any atom is -0.496 e. The topological polar surface area (TPSA) is 125 Å². The van der Waals surface area contributed by atoms with E-state index >= 15 is 0 Å². The van der Waals surface area contributed by atoms with E-state index in [9.17, 15) is 5.26 Å². The summed E-state index contributed by atoms with van der Waals surface area (Å²) in [5, 5.41) is 17.4. The average Bonchev–Trinajstić information content (AvgIpc) is 3.26. The lowest BCUT2D eigenvalue weighted by atomic mass is 9.82. The molecule has 4 rings (SSSR count). The summed E-state index contributed by atoms with van der Waals surface area (Å²) in [6.07, 6.45) is 0. The molecule has 0 radical (unpaired) electrons. The molecule has 9 heteroatoms. The summed E-state index contributed by atoms with van der Waals surface area (Å²) in [4.78, 5) is 0. The minimum atomic E-state index is -0.627. The lowest BCUT2D eigenvalue weighted by molar-refractivity contribution is 0.340. The number of nitrogens with two attached hydrogens (primary N) is 1. The summed E-state index contributed by atoms with van der Waals surface area (Å²) in [5.41, 5.74) is 9.16. The number of rotatable bonds is 7. The normalized spacial score (nSPS) is 14.7. The summed E-state index contributed by atoms with van der Waals surface area (Å²) < 4.78 is 27.9. The van der Waals surface area contributed by atoms with Crippen LogP contribution in [0.1, 0.15) is 24.0 Å². The number of benzene rings is 2. The number of hydrogen-bond acceptors (Lipinski definition) is 8. The zero-order valence-corrected chi connectivity index (χ0v) is 18.8. The van der Waals surface area contributed by atoms with E-state index in [-0.39, 0.29) is 17.3 Å². The molecule has 0 fully saturated rings. The molecular weight excluding hydrogens is 424 g/mol. The highest BCUT2D eigenvalue weighted by Crippen LogP contribution is 2.50. The van der Waals surface area contributed by atoms with Crippen LogP contribution in [0.25, 0.3) is 11.3 Å². The van der Waals surface area contributed by atoms with E-state index < -0.39 is 5.92 Å². The number of nitrogens with zero attached hydrogens (tertiary/aromatic N) is 2. The van der Waals surface area contributed by atoms with Gasteiger partial charge in [-0.05, 0) is 25.1 Å². The lowest BCUT2D eigenvalue weighted by Crippen LogP contribution is -2.21. The second-order valence-corrected chi connectivity index (χ2v) is 7.15. The lowest BCUT2D eigenvalue weighted by Gasteiger charge is -2.26. The summed E-state index contributed by atoms with van der Waals surface area (Å²) >= 11 is 0. The fourth-order valence-corrected chi connectivity index (χ4v) is 3.96. The quantitative estimate of drug-likeness (QED) is 0.560. The molecule has 0 aliphatic carbocycles. The van der Waals surface area contributed by atoms with Crippen LogP contribution in [0.2, 0.25) is 0 Å². The molecule has 0 amide bonds. The Morgan fingerprint density at radius 3 is 2.48 bits per heavy atom. The molecule has 1 aliphatic heterocycles. The van der Waals surface area contributed by atoms with E-state index in [4.69, 9.17) is 29.4 Å². The van der Waals surface area contributed by atoms with Crippen LogP contribution in [-0.4, -0.2) is 38.1 Å². The Hall–Kier alpha value is -4.32. The first-order valence-corrected chi connectivity index (χ1v) is 10.2. The monoisotopic (exact) mass is 448 g/mol. The molecule has 33 heavy (non-hydrogen) atoms. The summed E-state index contributed by atoms with van der Waals surface area (Å²) in [7, 11) is 4.63. The van der Waals surface area contributed by atoms with Crippen molar-refractivity contribution >= 4 is 0 Å². The maximum absolute atomic E-state index is 10.0. The molecule has 0 saturated heterocycles. The first kappa shape index (κ1) is 21.9. The first-order chi connectivity index (χ1) is 16.1. The number of aromatic nitrogens is 2. The number of methoxy groups -OCH3 is 3. The summed E-state index contributed by atoms with van der Waals surface area (Å²) in [6.45, 7) is 2.46. The molecule has 9 nitrogen and oxygen atoms in total. The molecule has 2 aromatic carbocycles. The largest absolute Gasteiger partial charge is 0.496 e. The van der Waals surface area contributed by atoms with Crippen molar-refractivity contribution in [2.45, 2.75) is 12.8 Å². The van der Waals surface area contributed by atoms with Gasteiger partial charge in [0, 0.05) is 17.2 Å². The van der Waals surface area contributed by atoms with E-state index in [1.54, 1.807) is 33.5 Å². The van der Waals surface area contributed by atoms with Crippen molar-refractivity contribution in [3.8, 4) is 46.2 Å². The first-order valence-electron chi connectivity index (χ1n) is 10.2. The van der Waals surface area contributed by atoms with Crippen molar-refractivity contribution in [1.29, 1.82) is 5.26 Å². The number of aromatic amines is 1. The van der Waals surface area contributed by atoms with Crippen LogP contribution in [0.15, 0.2) is 47.9 Å². The van der Waals surface area contributed by atoms with Crippen molar-refractivity contribution in [3.05, 3.63) is 59.0 Å². The Morgan fingerprint density at radius 2 is 1.82 bits per heavy atom. The van der Waals surface area contributed by atoms with Gasteiger partial charge < -0.3 is 29.4 Å². The van der Waals surface area contributed by atoms with E-state index in [2.05, 4.69) is 16.3 Å². The molecule has 1 unspecified atom stereocenters.